The number of benzene rings is 1. The molecule has 1 aromatic carbocycles. The number of amides is 1. The standard InChI is InChI=1S/C15H22N2O5S/c1-15(2,3)16-14(18)7-8-17(23(4,19)20)11-5-6-12-13(9-11)22-10-21-12/h5-6,9H,7-8,10H2,1-4H3,(H,16,18). The molecule has 7 nitrogen and oxygen atoms in total. The van der Waals surface area contributed by atoms with Crippen LogP contribution in [0, 0.1) is 0 Å². The molecule has 1 aliphatic rings. The van der Waals surface area contributed by atoms with Crippen LogP contribution in [0.15, 0.2) is 18.2 Å². The summed E-state index contributed by atoms with van der Waals surface area (Å²) in [5, 5.41) is 2.81. The third kappa shape index (κ3) is 4.75. The second kappa shape index (κ2) is 6.27. The molecule has 2 rings (SSSR count). The molecule has 23 heavy (non-hydrogen) atoms. The Hall–Kier alpha value is -1.96. The number of hydrogen-bond donors (Lipinski definition) is 1. The normalized spacial score (nSPS) is 13.7. The van der Waals surface area contributed by atoms with Gasteiger partial charge in [-0.2, -0.15) is 0 Å². The molecule has 8 heteroatoms. The van der Waals surface area contributed by atoms with Gasteiger partial charge in [0.2, 0.25) is 22.7 Å². The molecule has 0 unspecified atom stereocenters. The molecule has 1 N–H and O–H groups in total. The van der Waals surface area contributed by atoms with E-state index < -0.39 is 10.0 Å². The minimum absolute atomic E-state index is 0.0559. The second-order valence-corrected chi connectivity index (χ2v) is 8.33. The number of carbonyl (C=O) groups is 1. The molecule has 0 atom stereocenters. The van der Waals surface area contributed by atoms with Crippen LogP contribution in [0.1, 0.15) is 27.2 Å². The first kappa shape index (κ1) is 17.4. The molecule has 1 amide bonds. The van der Waals surface area contributed by atoms with Crippen molar-refractivity contribution in [3.05, 3.63) is 18.2 Å². The molecule has 0 radical (unpaired) electrons. The van der Waals surface area contributed by atoms with Crippen LogP contribution in [-0.4, -0.2) is 39.5 Å². The average Bonchev–Trinajstić information content (AvgIpc) is 2.82. The van der Waals surface area contributed by atoms with Gasteiger partial charge in [-0.25, -0.2) is 8.42 Å². The Kier molecular flexibility index (Phi) is 4.74. The summed E-state index contributed by atoms with van der Waals surface area (Å²) in [5.74, 6) is 0.870. The van der Waals surface area contributed by atoms with Gasteiger partial charge in [0, 0.05) is 24.6 Å². The Labute approximate surface area is 136 Å². The van der Waals surface area contributed by atoms with Crippen molar-refractivity contribution in [3.63, 3.8) is 0 Å². The van der Waals surface area contributed by atoms with Crippen LogP contribution < -0.4 is 19.1 Å². The predicted molar refractivity (Wildman–Crippen MR) is 87.3 cm³/mol. The summed E-state index contributed by atoms with van der Waals surface area (Å²) in [4.78, 5) is 11.9. The molecule has 0 spiro atoms. The van der Waals surface area contributed by atoms with Crippen LogP contribution in [-0.2, 0) is 14.8 Å². The number of nitrogens with one attached hydrogen (secondary N) is 1. The Morgan fingerprint density at radius 2 is 1.91 bits per heavy atom. The largest absolute Gasteiger partial charge is 0.454 e. The van der Waals surface area contributed by atoms with Gasteiger partial charge in [-0.05, 0) is 32.9 Å². The van der Waals surface area contributed by atoms with Crippen molar-refractivity contribution in [2.24, 2.45) is 0 Å². The Bertz CT molecular complexity index is 694. The highest BCUT2D eigenvalue weighted by Crippen LogP contribution is 2.36. The second-order valence-electron chi connectivity index (χ2n) is 6.42. The van der Waals surface area contributed by atoms with E-state index >= 15 is 0 Å². The van der Waals surface area contributed by atoms with Gasteiger partial charge in [-0.3, -0.25) is 9.10 Å². The van der Waals surface area contributed by atoms with Crippen molar-refractivity contribution in [1.82, 2.24) is 5.32 Å². The maximum Gasteiger partial charge on any atom is 0.232 e. The predicted octanol–water partition coefficient (Wildman–Crippen LogP) is 1.49. The Morgan fingerprint density at radius 1 is 1.26 bits per heavy atom. The van der Waals surface area contributed by atoms with Gasteiger partial charge in [-0.15, -0.1) is 0 Å². The van der Waals surface area contributed by atoms with E-state index in [1.807, 2.05) is 20.8 Å². The maximum absolute atomic E-state index is 12.1. The van der Waals surface area contributed by atoms with Gasteiger partial charge in [0.15, 0.2) is 11.5 Å². The highest BCUT2D eigenvalue weighted by atomic mass is 32.2. The Balaban J connectivity index is 2.14. The van der Waals surface area contributed by atoms with Crippen LogP contribution in [0.3, 0.4) is 0 Å². The Morgan fingerprint density at radius 3 is 2.52 bits per heavy atom. The molecule has 0 bridgehead atoms. The van der Waals surface area contributed by atoms with Gasteiger partial charge in [0.25, 0.3) is 0 Å². The van der Waals surface area contributed by atoms with E-state index in [-0.39, 0.29) is 31.2 Å². The number of ether oxygens (including phenoxy) is 2. The van der Waals surface area contributed by atoms with Crippen LogP contribution in [0.4, 0.5) is 5.69 Å². The number of sulfonamides is 1. The van der Waals surface area contributed by atoms with Gasteiger partial charge in [-0.1, -0.05) is 0 Å². The first-order valence-electron chi connectivity index (χ1n) is 7.25. The molecule has 0 fully saturated rings. The molecule has 1 heterocycles. The van der Waals surface area contributed by atoms with Crippen molar-refractivity contribution in [2.45, 2.75) is 32.7 Å². The lowest BCUT2D eigenvalue weighted by Crippen LogP contribution is -2.42. The van der Waals surface area contributed by atoms with E-state index in [0.717, 1.165) is 6.26 Å². The van der Waals surface area contributed by atoms with Gasteiger partial charge in [0.1, 0.15) is 0 Å². The van der Waals surface area contributed by atoms with Crippen molar-refractivity contribution in [2.75, 3.05) is 23.9 Å². The minimum atomic E-state index is -3.52. The van der Waals surface area contributed by atoms with Crippen LogP contribution in [0.2, 0.25) is 0 Å². The fraction of sp³-hybridized carbons (Fsp3) is 0.533. The van der Waals surface area contributed by atoms with Crippen molar-refractivity contribution >= 4 is 21.6 Å². The lowest BCUT2D eigenvalue weighted by atomic mass is 10.1. The summed E-state index contributed by atoms with van der Waals surface area (Å²) in [7, 11) is -3.52. The summed E-state index contributed by atoms with van der Waals surface area (Å²) < 4.78 is 35.8. The average molecular weight is 342 g/mol. The van der Waals surface area contributed by atoms with E-state index in [0.29, 0.717) is 17.2 Å². The van der Waals surface area contributed by atoms with E-state index in [1.165, 1.54) is 4.31 Å². The lowest BCUT2D eigenvalue weighted by Gasteiger charge is -2.24. The first-order valence-corrected chi connectivity index (χ1v) is 9.09. The summed E-state index contributed by atoms with van der Waals surface area (Å²) in [6.07, 6.45) is 1.18. The molecule has 1 aromatic rings. The first-order chi connectivity index (χ1) is 10.6. The molecule has 0 aliphatic carbocycles. The molecular weight excluding hydrogens is 320 g/mol. The topological polar surface area (TPSA) is 84.9 Å². The number of nitrogens with zero attached hydrogens (tertiary/aromatic N) is 1. The molecule has 0 aromatic heterocycles. The molecule has 128 valence electrons. The zero-order valence-electron chi connectivity index (χ0n) is 13.8. The van der Waals surface area contributed by atoms with E-state index in [2.05, 4.69) is 5.32 Å². The zero-order chi connectivity index (χ0) is 17.3. The van der Waals surface area contributed by atoms with E-state index in [9.17, 15) is 13.2 Å². The third-order valence-electron chi connectivity index (χ3n) is 3.10. The van der Waals surface area contributed by atoms with Crippen LogP contribution >= 0.6 is 0 Å². The summed E-state index contributed by atoms with van der Waals surface area (Å²) in [6, 6.07) is 4.90. The lowest BCUT2D eigenvalue weighted by molar-refractivity contribution is -0.122. The van der Waals surface area contributed by atoms with E-state index in [1.54, 1.807) is 18.2 Å². The highest BCUT2D eigenvalue weighted by Gasteiger charge is 2.23. The molecule has 0 saturated heterocycles. The summed E-state index contributed by atoms with van der Waals surface area (Å²) >= 11 is 0. The van der Waals surface area contributed by atoms with Gasteiger partial charge >= 0.3 is 0 Å². The van der Waals surface area contributed by atoms with Crippen LogP contribution in [0.25, 0.3) is 0 Å². The number of anilines is 1. The minimum Gasteiger partial charge on any atom is -0.454 e. The maximum atomic E-state index is 12.1. The van der Waals surface area contributed by atoms with E-state index in [4.69, 9.17) is 9.47 Å². The van der Waals surface area contributed by atoms with Crippen molar-refractivity contribution in [3.8, 4) is 11.5 Å². The van der Waals surface area contributed by atoms with Crippen LogP contribution in [0.5, 0.6) is 11.5 Å². The SMILES string of the molecule is CC(C)(C)NC(=O)CCN(c1ccc2c(c1)OCO2)S(C)(=O)=O. The van der Waals surface area contributed by atoms with Gasteiger partial charge < -0.3 is 14.8 Å². The number of fused-ring (bicyclic) bond motifs is 1. The van der Waals surface area contributed by atoms with Crippen molar-refractivity contribution in [1.29, 1.82) is 0 Å². The fourth-order valence-corrected chi connectivity index (χ4v) is 3.13. The zero-order valence-corrected chi connectivity index (χ0v) is 14.6. The summed E-state index contributed by atoms with van der Waals surface area (Å²) in [6.45, 7) is 5.79. The van der Waals surface area contributed by atoms with Crippen molar-refractivity contribution < 1.29 is 22.7 Å². The fourth-order valence-electron chi connectivity index (χ4n) is 2.21. The smallest absolute Gasteiger partial charge is 0.232 e. The molecule has 1 aliphatic heterocycles. The number of hydrogen-bond acceptors (Lipinski definition) is 5. The number of carbonyl (C=O) groups excluding carboxylic acids is 1. The third-order valence-corrected chi connectivity index (χ3v) is 4.29. The molecule has 0 saturated carbocycles. The summed E-state index contributed by atoms with van der Waals surface area (Å²) in [5.41, 5.74) is 0.0893. The quantitative estimate of drug-likeness (QED) is 0.876. The van der Waals surface area contributed by atoms with Gasteiger partial charge in [0.05, 0.1) is 11.9 Å². The monoisotopic (exact) mass is 342 g/mol. The molecular formula is C15H22N2O5S. The number of rotatable bonds is 5. The highest BCUT2D eigenvalue weighted by molar-refractivity contribution is 7.92.